The van der Waals surface area contributed by atoms with Gasteiger partial charge in [0.05, 0.1) is 0 Å². The van der Waals surface area contributed by atoms with Gasteiger partial charge in [0.2, 0.25) is 0 Å². The van der Waals surface area contributed by atoms with Crippen molar-refractivity contribution in [2.24, 2.45) is 0 Å². The zero-order valence-electron chi connectivity index (χ0n) is 6.10. The van der Waals surface area contributed by atoms with E-state index in [9.17, 15) is 0 Å². The Hall–Kier alpha value is 2.01. The molecule has 12 heavy (non-hydrogen) atoms. The maximum absolute atomic E-state index is 8.58. The van der Waals surface area contributed by atoms with Crippen LogP contribution in [0.3, 0.4) is 0 Å². The summed E-state index contributed by atoms with van der Waals surface area (Å²) in [4.78, 5) is 8.36. The molecule has 12 heteroatoms. The number of hydrogen-bond acceptors (Lipinski definition) is 6. The van der Waals surface area contributed by atoms with E-state index in [-0.39, 0.29) is 93.3 Å². The van der Waals surface area contributed by atoms with E-state index >= 15 is 0 Å². The molecule has 0 saturated heterocycles. The molecule has 1 N–H and O–H groups in total. The van der Waals surface area contributed by atoms with Crippen LogP contribution in [0.1, 0.15) is 0 Å². The van der Waals surface area contributed by atoms with E-state index in [0.717, 1.165) is 0 Å². The Morgan fingerprint density at radius 2 is 1.25 bits per heavy atom. The Balaban J connectivity index is -0.0000000221. The van der Waals surface area contributed by atoms with Crippen LogP contribution < -0.4 is 97.5 Å². The summed E-state index contributed by atoms with van der Waals surface area (Å²) in [7, 11) is 0. The molecule has 0 aliphatic rings. The molecule has 0 aliphatic heterocycles. The van der Waals surface area contributed by atoms with Gasteiger partial charge in [-0.05, 0) is 0 Å². The van der Waals surface area contributed by atoms with E-state index in [2.05, 4.69) is 0 Å². The van der Waals surface area contributed by atoms with Crippen LogP contribution in [0.5, 0.6) is 0 Å². The van der Waals surface area contributed by atoms with E-state index in [4.69, 9.17) is 31.0 Å². The molecule has 0 aliphatic carbocycles. The summed E-state index contributed by atoms with van der Waals surface area (Å²) in [5, 5.41) is 13.6. The Kier molecular flexibility index (Phi) is 37.7. The molecular weight excluding hydrogens is 278 g/mol. The molecule has 0 rings (SSSR count). The molecule has 0 heterocycles. The molecule has 0 amide bonds. The second-order valence-corrected chi connectivity index (χ2v) is 1.80. The van der Waals surface area contributed by atoms with E-state index in [0.29, 0.717) is 0 Å². The molecule has 0 aromatic carbocycles. The molecule has 0 fully saturated rings. The summed E-state index contributed by atoms with van der Waals surface area (Å²) >= 11 is -5.62. The van der Waals surface area contributed by atoms with Gasteiger partial charge >= 0.3 is 110 Å². The standard InChI is InChI=1S/ClH.K.Mn.HNO3.Na.4O/c;;;2-1(3)4;;;;;/h1H;;;(H,2,3,4);;;;;/q;+1;;;+1;;;;-1/p-1. The molecule has 0 unspecified atom stereocenters. The van der Waals surface area contributed by atoms with Crippen LogP contribution in [0.4, 0.5) is 0 Å². The number of halogens is 1. The summed E-state index contributed by atoms with van der Waals surface area (Å²) in [5.74, 6) is 0. The molecule has 0 spiro atoms. The Morgan fingerprint density at radius 3 is 1.25 bits per heavy atom. The molecular formula is HClKMnNNaO7. The average molecular weight is 279 g/mol. The van der Waals surface area contributed by atoms with Crippen LogP contribution >= 0.6 is 0 Å². The fourth-order valence-electron chi connectivity index (χ4n) is 0. The summed E-state index contributed by atoms with van der Waals surface area (Å²) in [6.45, 7) is 0. The first-order valence-corrected chi connectivity index (χ1v) is 3.11. The van der Waals surface area contributed by atoms with Crippen molar-refractivity contribution in [1.29, 1.82) is 0 Å². The zero-order chi connectivity index (χ0) is 8.08. The van der Waals surface area contributed by atoms with Crippen molar-refractivity contribution in [1.82, 2.24) is 0 Å². The number of rotatable bonds is 0. The molecule has 0 aromatic heterocycles. The average Bonchev–Trinajstić information content (AvgIpc) is 1.19. The van der Waals surface area contributed by atoms with Crippen molar-refractivity contribution in [2.45, 2.75) is 0 Å². The Morgan fingerprint density at radius 1 is 1.25 bits per heavy atom. The molecule has 64 valence electrons. The SMILES string of the molecule is O=[N+]([O-])O.[Cl-].[K+].[Na+].[O]=[Mn](=[O])(=[O])[O-]. The van der Waals surface area contributed by atoms with Gasteiger partial charge < -0.3 is 17.6 Å². The quantitative estimate of drug-likeness (QED) is 0.264. The predicted molar refractivity (Wildman–Crippen MR) is 10.8 cm³/mol. The maximum atomic E-state index is 8.58. The van der Waals surface area contributed by atoms with E-state index in [1.165, 1.54) is 0 Å². The zero-order valence-corrected chi connectivity index (χ0v) is 13.2. The van der Waals surface area contributed by atoms with E-state index < -0.39 is 18.1 Å². The Labute approximate surface area is 139 Å². The van der Waals surface area contributed by atoms with Crippen molar-refractivity contribution in [2.75, 3.05) is 0 Å². The first-order valence-electron chi connectivity index (χ1n) is 1.18. The van der Waals surface area contributed by atoms with Crippen LogP contribution in [0, 0.1) is 10.1 Å². The van der Waals surface area contributed by atoms with Gasteiger partial charge in [0, 0.05) is 0 Å². The van der Waals surface area contributed by atoms with Gasteiger partial charge in [-0.3, -0.25) is 0 Å². The number of hydrogen-bond donors (Lipinski definition) is 1. The molecule has 0 aromatic rings. The van der Waals surface area contributed by atoms with E-state index in [1.807, 2.05) is 0 Å². The summed E-state index contributed by atoms with van der Waals surface area (Å²) in [6, 6.07) is 0. The molecule has 0 radical (unpaired) electrons. The first kappa shape index (κ1) is 29.2. The predicted octanol–water partition coefficient (Wildman–Crippen LogP) is -10.9. The third kappa shape index (κ3) is 361. The molecule has 0 atom stereocenters. The van der Waals surface area contributed by atoms with Crippen molar-refractivity contribution >= 4 is 0 Å². The topological polar surface area (TPSA) is 138 Å². The molecule has 8 nitrogen and oxygen atoms in total. The van der Waals surface area contributed by atoms with Crippen LogP contribution in [0.2, 0.25) is 0 Å². The summed E-state index contributed by atoms with van der Waals surface area (Å²) < 4.78 is 34.3. The van der Waals surface area contributed by atoms with Gasteiger partial charge in [0.15, 0.2) is 0 Å². The van der Waals surface area contributed by atoms with E-state index in [1.54, 1.807) is 0 Å². The van der Waals surface area contributed by atoms with Crippen molar-refractivity contribution in [3.05, 3.63) is 10.1 Å². The fourth-order valence-corrected chi connectivity index (χ4v) is 0. The van der Waals surface area contributed by atoms with Crippen LogP contribution in [0.25, 0.3) is 0 Å². The minimum atomic E-state index is -5.62. The fraction of sp³-hybridized carbons (Fsp3) is 0. The van der Waals surface area contributed by atoms with Gasteiger partial charge in [0.25, 0.3) is 5.09 Å². The molecule has 0 bridgehead atoms. The van der Waals surface area contributed by atoms with Gasteiger partial charge in [0.1, 0.15) is 0 Å². The molecule has 0 saturated carbocycles. The van der Waals surface area contributed by atoms with Crippen molar-refractivity contribution in [3.8, 4) is 0 Å². The van der Waals surface area contributed by atoms with Crippen LogP contribution in [-0.4, -0.2) is 10.3 Å². The first-order chi connectivity index (χ1) is 3.73. The van der Waals surface area contributed by atoms with Crippen LogP contribution in [0.15, 0.2) is 0 Å². The normalized spacial score (nSPS) is 6.75. The van der Waals surface area contributed by atoms with Gasteiger partial charge in [-0.2, -0.15) is 0 Å². The summed E-state index contributed by atoms with van der Waals surface area (Å²) in [5.41, 5.74) is 0. The number of nitrogens with zero attached hydrogens (tertiary/aromatic N) is 1. The monoisotopic (exact) mass is 279 g/mol. The van der Waals surface area contributed by atoms with Crippen molar-refractivity contribution < 1.29 is 132 Å². The minimum absolute atomic E-state index is 0. The van der Waals surface area contributed by atoms with Gasteiger partial charge in [-0.15, -0.1) is 10.1 Å². The second-order valence-electron chi connectivity index (χ2n) is 0.616. The van der Waals surface area contributed by atoms with Gasteiger partial charge in [-0.25, -0.2) is 0 Å². The van der Waals surface area contributed by atoms with Crippen LogP contribution in [-0.2, 0) is 24.5 Å². The van der Waals surface area contributed by atoms with Gasteiger partial charge in [-0.1, -0.05) is 0 Å². The third-order valence-corrected chi connectivity index (χ3v) is 0. The van der Waals surface area contributed by atoms with Crippen molar-refractivity contribution in [3.63, 3.8) is 0 Å². The third-order valence-electron chi connectivity index (χ3n) is 0. The Bertz CT molecular complexity index is 209. The summed E-state index contributed by atoms with van der Waals surface area (Å²) in [6.07, 6.45) is 0. The second kappa shape index (κ2) is 15.5.